The van der Waals surface area contributed by atoms with Crippen molar-refractivity contribution < 1.29 is 4.39 Å². The van der Waals surface area contributed by atoms with Crippen LogP contribution in [0.5, 0.6) is 0 Å². The molecule has 3 nitrogen and oxygen atoms in total. The minimum absolute atomic E-state index is 0.238. The molecule has 6 heteroatoms. The maximum absolute atomic E-state index is 13.9. The first kappa shape index (κ1) is 15.2. The van der Waals surface area contributed by atoms with Crippen LogP contribution in [-0.2, 0) is 0 Å². The summed E-state index contributed by atoms with van der Waals surface area (Å²) in [6.07, 6.45) is 1.89. The highest BCUT2D eigenvalue weighted by Crippen LogP contribution is 2.31. The van der Waals surface area contributed by atoms with Crippen molar-refractivity contribution in [2.45, 2.75) is 9.79 Å². The Labute approximate surface area is 147 Å². The largest absolute Gasteiger partial charge is 0.281 e. The van der Waals surface area contributed by atoms with E-state index in [-0.39, 0.29) is 5.82 Å². The second-order valence-electron chi connectivity index (χ2n) is 5.13. The van der Waals surface area contributed by atoms with Gasteiger partial charge in [-0.25, -0.2) is 4.39 Å². The smallest absolute Gasteiger partial charge is 0.169 e. The van der Waals surface area contributed by atoms with Gasteiger partial charge in [0, 0.05) is 21.6 Å². The Morgan fingerprint density at radius 3 is 2.54 bits per heavy atom. The highest BCUT2D eigenvalue weighted by molar-refractivity contribution is 7.99. The third-order valence-corrected chi connectivity index (χ3v) is 4.91. The molecule has 0 aliphatic carbocycles. The lowest BCUT2D eigenvalue weighted by atomic mass is 10.2. The molecule has 2 heterocycles. The van der Waals surface area contributed by atoms with Gasteiger partial charge in [0.15, 0.2) is 11.5 Å². The molecule has 4 rings (SSSR count). The number of hydrogen-bond acceptors (Lipinski definition) is 3. The summed E-state index contributed by atoms with van der Waals surface area (Å²) in [5, 5.41) is 9.02. The zero-order valence-corrected chi connectivity index (χ0v) is 13.9. The standard InChI is InChI=1S/C18H11ClFN3S/c19-14-6-2-1-5-13(14)18-22-21-17-10-9-12(11-23(17)18)24-16-8-4-3-7-15(16)20/h1-11H. The van der Waals surface area contributed by atoms with Crippen LogP contribution in [0, 0.1) is 5.82 Å². The zero-order valence-electron chi connectivity index (χ0n) is 12.4. The summed E-state index contributed by atoms with van der Waals surface area (Å²) in [4.78, 5) is 1.46. The second-order valence-corrected chi connectivity index (χ2v) is 6.65. The van der Waals surface area contributed by atoms with Crippen molar-refractivity contribution in [3.63, 3.8) is 0 Å². The topological polar surface area (TPSA) is 30.2 Å². The molecule has 0 N–H and O–H groups in total. The number of nitrogens with zero attached hydrogens (tertiary/aromatic N) is 3. The molecule has 2 aromatic heterocycles. The van der Waals surface area contributed by atoms with Gasteiger partial charge in [-0.3, -0.25) is 4.40 Å². The molecule has 4 aromatic rings. The van der Waals surface area contributed by atoms with Gasteiger partial charge in [-0.2, -0.15) is 0 Å². The predicted octanol–water partition coefficient (Wildman–Crippen LogP) is 5.34. The Morgan fingerprint density at radius 1 is 0.917 bits per heavy atom. The van der Waals surface area contributed by atoms with Gasteiger partial charge in [-0.05, 0) is 36.4 Å². The number of benzene rings is 2. The Morgan fingerprint density at radius 2 is 1.71 bits per heavy atom. The van der Waals surface area contributed by atoms with Crippen LogP contribution in [0.2, 0.25) is 5.02 Å². The van der Waals surface area contributed by atoms with Gasteiger partial charge >= 0.3 is 0 Å². The lowest BCUT2D eigenvalue weighted by molar-refractivity contribution is 0.602. The molecule has 0 bridgehead atoms. The maximum atomic E-state index is 13.9. The van der Waals surface area contributed by atoms with E-state index in [4.69, 9.17) is 11.6 Å². The molecule has 24 heavy (non-hydrogen) atoms. The van der Waals surface area contributed by atoms with Crippen LogP contribution in [-0.4, -0.2) is 14.6 Å². The first-order chi connectivity index (χ1) is 11.7. The summed E-state index contributed by atoms with van der Waals surface area (Å²) in [6.45, 7) is 0. The van der Waals surface area contributed by atoms with E-state index < -0.39 is 0 Å². The Kier molecular flexibility index (Phi) is 3.96. The zero-order chi connectivity index (χ0) is 16.5. The average Bonchev–Trinajstić information content (AvgIpc) is 3.00. The van der Waals surface area contributed by atoms with Crippen molar-refractivity contribution in [2.75, 3.05) is 0 Å². The first-order valence-corrected chi connectivity index (χ1v) is 8.44. The quantitative estimate of drug-likeness (QED) is 0.497. The van der Waals surface area contributed by atoms with Crippen LogP contribution >= 0.6 is 23.4 Å². The maximum Gasteiger partial charge on any atom is 0.169 e. The Balaban J connectivity index is 1.79. The van der Waals surface area contributed by atoms with Gasteiger partial charge in [0.25, 0.3) is 0 Å². The molecule has 0 aliphatic heterocycles. The second kappa shape index (κ2) is 6.26. The highest BCUT2D eigenvalue weighted by Gasteiger charge is 2.12. The number of hydrogen-bond donors (Lipinski definition) is 0. The van der Waals surface area contributed by atoms with Gasteiger partial charge in [-0.15, -0.1) is 10.2 Å². The molecule has 0 radical (unpaired) electrons. The summed E-state index contributed by atoms with van der Waals surface area (Å²) in [7, 11) is 0. The molecule has 0 saturated heterocycles. The van der Waals surface area contributed by atoms with Crippen LogP contribution < -0.4 is 0 Å². The summed E-state index contributed by atoms with van der Waals surface area (Å²) < 4.78 is 15.7. The van der Waals surface area contributed by atoms with Crippen LogP contribution in [0.25, 0.3) is 17.0 Å². The van der Waals surface area contributed by atoms with Gasteiger partial charge in [0.1, 0.15) is 5.82 Å². The van der Waals surface area contributed by atoms with Crippen LogP contribution in [0.4, 0.5) is 4.39 Å². The number of fused-ring (bicyclic) bond motifs is 1. The fraction of sp³-hybridized carbons (Fsp3) is 0. The molecular formula is C18H11ClFN3S. The average molecular weight is 356 g/mol. The number of aromatic nitrogens is 3. The fourth-order valence-corrected chi connectivity index (χ4v) is 3.49. The lowest BCUT2D eigenvalue weighted by Gasteiger charge is -2.06. The molecule has 2 aromatic carbocycles. The Bertz CT molecular complexity index is 1030. The first-order valence-electron chi connectivity index (χ1n) is 7.24. The molecule has 0 atom stereocenters. The van der Waals surface area contributed by atoms with E-state index in [1.165, 1.54) is 17.8 Å². The van der Waals surface area contributed by atoms with E-state index in [2.05, 4.69) is 10.2 Å². The fourth-order valence-electron chi connectivity index (χ4n) is 2.41. The van der Waals surface area contributed by atoms with Crippen molar-refractivity contribution in [2.24, 2.45) is 0 Å². The van der Waals surface area contributed by atoms with Crippen molar-refractivity contribution in [3.05, 3.63) is 77.7 Å². The number of pyridine rings is 1. The summed E-state index contributed by atoms with van der Waals surface area (Å²) >= 11 is 7.63. The van der Waals surface area contributed by atoms with Crippen molar-refractivity contribution in [1.82, 2.24) is 14.6 Å². The monoisotopic (exact) mass is 355 g/mol. The Hall–Kier alpha value is -2.37. The molecule has 0 aliphatic rings. The SMILES string of the molecule is Fc1ccccc1Sc1ccc2nnc(-c3ccccc3Cl)n2c1. The van der Waals surface area contributed by atoms with E-state index in [9.17, 15) is 4.39 Å². The van der Waals surface area contributed by atoms with E-state index >= 15 is 0 Å². The van der Waals surface area contributed by atoms with Gasteiger partial charge in [0.05, 0.1) is 5.02 Å². The number of halogens is 2. The van der Waals surface area contributed by atoms with Gasteiger partial charge in [0.2, 0.25) is 0 Å². The summed E-state index contributed by atoms with van der Waals surface area (Å²) in [6, 6.07) is 17.9. The highest BCUT2D eigenvalue weighted by atomic mass is 35.5. The molecule has 0 saturated carbocycles. The molecule has 0 fully saturated rings. The van der Waals surface area contributed by atoms with Crippen LogP contribution in [0.3, 0.4) is 0 Å². The minimum Gasteiger partial charge on any atom is -0.281 e. The minimum atomic E-state index is -0.238. The number of rotatable bonds is 3. The van der Waals surface area contributed by atoms with Crippen LogP contribution in [0.15, 0.2) is 76.7 Å². The van der Waals surface area contributed by atoms with E-state index in [1.807, 2.05) is 53.1 Å². The molecular weight excluding hydrogens is 345 g/mol. The van der Waals surface area contributed by atoms with Crippen molar-refractivity contribution in [1.29, 1.82) is 0 Å². The van der Waals surface area contributed by atoms with Gasteiger partial charge in [-0.1, -0.05) is 47.6 Å². The predicted molar refractivity (Wildman–Crippen MR) is 94.0 cm³/mol. The molecule has 0 unspecified atom stereocenters. The van der Waals surface area contributed by atoms with Gasteiger partial charge < -0.3 is 0 Å². The third-order valence-electron chi connectivity index (χ3n) is 3.55. The molecule has 118 valence electrons. The molecule has 0 spiro atoms. The van der Waals surface area contributed by atoms with E-state index in [1.54, 1.807) is 12.1 Å². The van der Waals surface area contributed by atoms with Crippen molar-refractivity contribution in [3.8, 4) is 11.4 Å². The summed E-state index contributed by atoms with van der Waals surface area (Å²) in [5.74, 6) is 0.421. The van der Waals surface area contributed by atoms with Crippen LogP contribution in [0.1, 0.15) is 0 Å². The summed E-state index contributed by atoms with van der Waals surface area (Å²) in [5.41, 5.74) is 1.52. The third kappa shape index (κ3) is 2.77. The normalized spacial score (nSPS) is 11.1. The lowest BCUT2D eigenvalue weighted by Crippen LogP contribution is -1.91. The molecule has 0 amide bonds. The van der Waals surface area contributed by atoms with Crippen molar-refractivity contribution >= 4 is 29.0 Å². The van der Waals surface area contributed by atoms with E-state index in [0.717, 1.165) is 10.5 Å². The van der Waals surface area contributed by atoms with E-state index in [0.29, 0.717) is 21.4 Å².